The van der Waals surface area contributed by atoms with Crippen molar-refractivity contribution < 1.29 is 0 Å². The van der Waals surface area contributed by atoms with Crippen molar-refractivity contribution in [1.82, 2.24) is 18.3 Å². The molecule has 0 N–H and O–H groups in total. The molecule has 14 aromatic rings. The maximum Gasteiger partial charge on any atom is 0.280 e. The number of fused-ring (bicyclic) bond motifs is 11. The van der Waals surface area contributed by atoms with Gasteiger partial charge in [-0.3, -0.25) is 9.36 Å². The first-order chi connectivity index (χ1) is 33.7. The van der Waals surface area contributed by atoms with Crippen molar-refractivity contribution in [3.63, 3.8) is 0 Å². The van der Waals surface area contributed by atoms with E-state index in [-0.39, 0.29) is 5.56 Å². The van der Waals surface area contributed by atoms with Crippen LogP contribution in [-0.2, 0) is 0 Å². The molecule has 0 fully saturated rings. The predicted octanol–water partition coefficient (Wildman–Crippen LogP) is 15.6. The van der Waals surface area contributed by atoms with Crippen LogP contribution < -0.4 is 5.56 Å². The van der Waals surface area contributed by atoms with Crippen LogP contribution in [0.5, 0.6) is 0 Å². The van der Waals surface area contributed by atoms with Gasteiger partial charge in [0.2, 0.25) is 0 Å². The molecule has 0 amide bonds. The second-order valence-electron chi connectivity index (χ2n) is 17.7. The second-order valence-corrected chi connectivity index (χ2v) is 17.7. The molecule has 0 unspecified atom stereocenters. The number of hydrogen-bond acceptors (Lipinski definition) is 1. The molecule has 0 saturated carbocycles. The summed E-state index contributed by atoms with van der Waals surface area (Å²) in [7, 11) is 0. The molecule has 0 aliphatic rings. The molecule has 0 aliphatic carbocycles. The molecule has 0 radical (unpaired) electrons. The SMILES string of the molecule is O=c1c2c(c3cc(-c4ccc5c(c4)c4ccccc4n5-c4ccccc4)ccc3n1-c1ccccc1)c1cc(-c3ccc4c(c3)c3ccccc3n4-c3ccccc3)ccc1n2-c1ccccc1. The number of benzene rings is 10. The number of rotatable bonds is 6. The van der Waals surface area contributed by atoms with E-state index in [0.717, 1.165) is 83.2 Å². The highest BCUT2D eigenvalue weighted by Gasteiger charge is 2.23. The van der Waals surface area contributed by atoms with Gasteiger partial charge in [0.15, 0.2) is 0 Å². The zero-order valence-corrected chi connectivity index (χ0v) is 36.8. The fraction of sp³-hybridized carbons (Fsp3) is 0. The fourth-order valence-corrected chi connectivity index (χ4v) is 11.0. The van der Waals surface area contributed by atoms with E-state index in [9.17, 15) is 0 Å². The van der Waals surface area contributed by atoms with Gasteiger partial charge in [0, 0.05) is 60.5 Å². The fourth-order valence-electron chi connectivity index (χ4n) is 11.0. The van der Waals surface area contributed by atoms with Crippen LogP contribution in [0.15, 0.2) is 247 Å². The van der Waals surface area contributed by atoms with Crippen LogP contribution in [-0.4, -0.2) is 18.3 Å². The normalized spacial score (nSPS) is 11.9. The summed E-state index contributed by atoms with van der Waals surface area (Å²) >= 11 is 0. The largest absolute Gasteiger partial charge is 0.309 e. The van der Waals surface area contributed by atoms with Crippen LogP contribution in [0.2, 0.25) is 0 Å². The smallest absolute Gasteiger partial charge is 0.280 e. The molecule has 5 nitrogen and oxygen atoms in total. The van der Waals surface area contributed by atoms with Crippen molar-refractivity contribution in [2.75, 3.05) is 0 Å². The third kappa shape index (κ3) is 5.66. The summed E-state index contributed by atoms with van der Waals surface area (Å²) in [5.74, 6) is 0. The molecule has 4 aromatic heterocycles. The minimum absolute atomic E-state index is 0.0710. The van der Waals surface area contributed by atoms with Crippen molar-refractivity contribution in [2.45, 2.75) is 0 Å². The van der Waals surface area contributed by atoms with E-state index >= 15 is 4.79 Å². The highest BCUT2D eigenvalue weighted by molar-refractivity contribution is 6.22. The standard InChI is InChI=1S/C63H40N4O/c68-63-62-61(53-39-43(31-35-59(53)66(62)47-21-9-3-10-22-47)41-29-33-57-51(37-41)49-25-13-15-27-55(49)64(57)45-17-5-1-6-18-45)54-40-44(32-36-60(54)67(63)48-23-11-4-12-24-48)42-30-34-58-52(38-42)50-26-14-16-28-56(50)65(58)46-19-7-2-8-20-46/h1-40H. The van der Waals surface area contributed by atoms with Gasteiger partial charge in [0.05, 0.1) is 33.1 Å². The van der Waals surface area contributed by atoms with Crippen molar-refractivity contribution in [1.29, 1.82) is 0 Å². The van der Waals surface area contributed by atoms with Crippen LogP contribution in [0.25, 0.3) is 121 Å². The summed E-state index contributed by atoms with van der Waals surface area (Å²) < 4.78 is 8.77. The lowest BCUT2D eigenvalue weighted by molar-refractivity contribution is 1.04. The Labute approximate surface area is 390 Å². The molecule has 68 heavy (non-hydrogen) atoms. The van der Waals surface area contributed by atoms with Crippen LogP contribution in [0.4, 0.5) is 0 Å². The van der Waals surface area contributed by atoms with Gasteiger partial charge in [-0.1, -0.05) is 133 Å². The lowest BCUT2D eigenvalue weighted by atomic mass is 9.97. The topological polar surface area (TPSA) is 36.8 Å². The van der Waals surface area contributed by atoms with Crippen LogP contribution in [0, 0.1) is 0 Å². The van der Waals surface area contributed by atoms with E-state index in [1.165, 1.54) is 32.6 Å². The minimum Gasteiger partial charge on any atom is -0.309 e. The molecule has 5 heteroatoms. The van der Waals surface area contributed by atoms with Gasteiger partial charge < -0.3 is 13.7 Å². The van der Waals surface area contributed by atoms with Crippen molar-refractivity contribution >= 4 is 76.3 Å². The van der Waals surface area contributed by atoms with Crippen molar-refractivity contribution in [3.05, 3.63) is 253 Å². The van der Waals surface area contributed by atoms with Gasteiger partial charge in [-0.2, -0.15) is 0 Å². The number of pyridine rings is 1. The monoisotopic (exact) mass is 868 g/mol. The van der Waals surface area contributed by atoms with E-state index in [1.807, 2.05) is 53.1 Å². The Hall–Kier alpha value is -9.19. The van der Waals surface area contributed by atoms with Gasteiger partial charge in [-0.25, -0.2) is 0 Å². The molecule has 0 bridgehead atoms. The van der Waals surface area contributed by atoms with Gasteiger partial charge >= 0.3 is 0 Å². The van der Waals surface area contributed by atoms with Crippen molar-refractivity contribution in [2.24, 2.45) is 0 Å². The van der Waals surface area contributed by atoms with E-state index in [4.69, 9.17) is 0 Å². The van der Waals surface area contributed by atoms with E-state index in [1.54, 1.807) is 0 Å². The molecular weight excluding hydrogens is 829 g/mol. The number of nitrogens with zero attached hydrogens (tertiary/aromatic N) is 4. The molecule has 14 rings (SSSR count). The number of para-hydroxylation sites is 6. The zero-order chi connectivity index (χ0) is 44.9. The highest BCUT2D eigenvalue weighted by atomic mass is 16.1. The molecule has 10 aromatic carbocycles. The average Bonchev–Trinajstić information content (AvgIpc) is 4.05. The summed E-state index contributed by atoms with van der Waals surface area (Å²) in [6.45, 7) is 0. The number of hydrogen-bond donors (Lipinski definition) is 0. The lowest BCUT2D eigenvalue weighted by Crippen LogP contribution is -2.21. The highest BCUT2D eigenvalue weighted by Crippen LogP contribution is 2.42. The zero-order valence-electron chi connectivity index (χ0n) is 36.8. The summed E-state index contributed by atoms with van der Waals surface area (Å²) in [5.41, 5.74) is 15.4. The first-order valence-corrected chi connectivity index (χ1v) is 23.1. The third-order valence-electron chi connectivity index (χ3n) is 13.9. The Balaban J connectivity index is 1.05. The van der Waals surface area contributed by atoms with E-state index < -0.39 is 0 Å². The molecule has 318 valence electrons. The summed E-state index contributed by atoms with van der Waals surface area (Å²) in [6.07, 6.45) is 0. The van der Waals surface area contributed by atoms with E-state index in [2.05, 4.69) is 208 Å². The quantitative estimate of drug-likeness (QED) is 0.164. The molecule has 0 aliphatic heterocycles. The molecule has 0 spiro atoms. The Bertz CT molecular complexity index is 4370. The lowest BCUT2D eigenvalue weighted by Gasteiger charge is -2.15. The van der Waals surface area contributed by atoms with Gasteiger partial charge in [-0.05, 0) is 131 Å². The van der Waals surface area contributed by atoms with Crippen LogP contribution in [0.1, 0.15) is 0 Å². The van der Waals surface area contributed by atoms with Gasteiger partial charge in [-0.15, -0.1) is 0 Å². The predicted molar refractivity (Wildman–Crippen MR) is 283 cm³/mol. The molecule has 4 heterocycles. The maximum atomic E-state index is 15.5. The summed E-state index contributed by atoms with van der Waals surface area (Å²) in [4.78, 5) is 15.5. The van der Waals surface area contributed by atoms with Gasteiger partial charge in [0.25, 0.3) is 5.56 Å². The van der Waals surface area contributed by atoms with Crippen LogP contribution in [0.3, 0.4) is 0 Å². The second kappa shape index (κ2) is 14.9. The molecule has 0 saturated heterocycles. The number of aromatic nitrogens is 4. The Morgan fingerprint density at radius 3 is 0.941 bits per heavy atom. The van der Waals surface area contributed by atoms with Gasteiger partial charge in [0.1, 0.15) is 5.52 Å². The summed E-state index contributed by atoms with van der Waals surface area (Å²) in [6, 6.07) is 85.8. The molecular formula is C63H40N4O. The Morgan fingerprint density at radius 1 is 0.235 bits per heavy atom. The Kier molecular flexibility index (Phi) is 8.37. The third-order valence-corrected chi connectivity index (χ3v) is 13.9. The minimum atomic E-state index is -0.0710. The van der Waals surface area contributed by atoms with Crippen LogP contribution >= 0.6 is 0 Å². The molecule has 0 atom stereocenters. The van der Waals surface area contributed by atoms with E-state index in [0.29, 0.717) is 5.52 Å². The first-order valence-electron chi connectivity index (χ1n) is 23.1. The van der Waals surface area contributed by atoms with Crippen molar-refractivity contribution in [3.8, 4) is 45.0 Å². The maximum absolute atomic E-state index is 15.5. The summed E-state index contributed by atoms with van der Waals surface area (Å²) in [5, 5.41) is 7.76. The first kappa shape index (κ1) is 38.1. The Morgan fingerprint density at radius 2 is 0.529 bits per heavy atom. The average molecular weight is 869 g/mol.